The Kier molecular flexibility index (Phi) is 5.50. The zero-order chi connectivity index (χ0) is 32.4. The maximum atomic E-state index is 2.49. The summed E-state index contributed by atoms with van der Waals surface area (Å²) in [6, 6.07) is 54.9. The third-order valence-electron chi connectivity index (χ3n) is 11.6. The van der Waals surface area contributed by atoms with Crippen molar-refractivity contribution in [1.29, 1.82) is 0 Å². The van der Waals surface area contributed by atoms with Gasteiger partial charge in [0.15, 0.2) is 0 Å². The molecule has 0 fully saturated rings. The standard InChI is InChI=1S/C48H36/c1-47(2)41-20-12-11-15-33(41)34-24-22-30(27-42(34)47)44-36-16-7-9-18-38(36)45(39-19-10-8-17-37(39)44)31-23-25-35-40-26-21-29-13-5-6-14-32(29)46(40)48(3,4)43(35)28-31/h5-28H,1-4H3. The predicted octanol–water partition coefficient (Wildman–Crippen LogP) is 13.1. The second-order valence-electron chi connectivity index (χ2n) is 14.9. The molecule has 0 heterocycles. The van der Waals surface area contributed by atoms with Crippen molar-refractivity contribution in [3.63, 3.8) is 0 Å². The van der Waals surface area contributed by atoms with Crippen LogP contribution in [0.25, 0.3) is 76.8 Å². The Bertz CT molecular complexity index is 2610. The van der Waals surface area contributed by atoms with E-state index in [-0.39, 0.29) is 10.8 Å². The topological polar surface area (TPSA) is 0 Å². The van der Waals surface area contributed by atoms with Gasteiger partial charge < -0.3 is 0 Å². The first-order valence-electron chi connectivity index (χ1n) is 17.2. The SMILES string of the molecule is CC1(C)c2ccccc2-c2ccc(-c3c4ccccc4c(-c4ccc5c(c4)C(C)(C)c4c-5ccc5ccccc45)c4ccccc34)cc21. The van der Waals surface area contributed by atoms with Crippen LogP contribution >= 0.6 is 0 Å². The van der Waals surface area contributed by atoms with E-state index in [1.165, 1.54) is 99.1 Å². The second-order valence-corrected chi connectivity index (χ2v) is 14.9. The maximum absolute atomic E-state index is 2.49. The van der Waals surface area contributed by atoms with Crippen molar-refractivity contribution in [3.8, 4) is 44.5 Å². The van der Waals surface area contributed by atoms with Gasteiger partial charge in [0, 0.05) is 10.8 Å². The van der Waals surface area contributed by atoms with Crippen LogP contribution in [0.1, 0.15) is 49.9 Å². The van der Waals surface area contributed by atoms with Crippen molar-refractivity contribution in [2.45, 2.75) is 38.5 Å². The van der Waals surface area contributed by atoms with Gasteiger partial charge in [0.25, 0.3) is 0 Å². The monoisotopic (exact) mass is 612 g/mol. The minimum Gasteiger partial charge on any atom is -0.0619 e. The van der Waals surface area contributed by atoms with Crippen molar-refractivity contribution in [2.24, 2.45) is 0 Å². The smallest absolute Gasteiger partial charge is 0.0165 e. The lowest BCUT2D eigenvalue weighted by atomic mass is 9.78. The van der Waals surface area contributed by atoms with Crippen molar-refractivity contribution in [3.05, 3.63) is 168 Å². The Hall–Kier alpha value is -5.46. The van der Waals surface area contributed by atoms with E-state index in [4.69, 9.17) is 0 Å². The molecule has 8 aromatic rings. The molecule has 0 nitrogen and oxygen atoms in total. The minimum atomic E-state index is -0.109. The second kappa shape index (κ2) is 9.55. The van der Waals surface area contributed by atoms with E-state index in [0.29, 0.717) is 0 Å². The first kappa shape index (κ1) is 27.6. The maximum Gasteiger partial charge on any atom is 0.0165 e. The molecule has 8 aromatic carbocycles. The Morgan fingerprint density at radius 3 is 1.38 bits per heavy atom. The number of benzene rings is 8. The van der Waals surface area contributed by atoms with Crippen LogP contribution in [0.4, 0.5) is 0 Å². The van der Waals surface area contributed by atoms with E-state index in [0.717, 1.165) is 0 Å². The summed E-state index contributed by atoms with van der Waals surface area (Å²) in [5, 5.41) is 7.87. The van der Waals surface area contributed by atoms with Crippen molar-refractivity contribution in [2.75, 3.05) is 0 Å². The van der Waals surface area contributed by atoms with Crippen molar-refractivity contribution in [1.82, 2.24) is 0 Å². The van der Waals surface area contributed by atoms with Gasteiger partial charge >= 0.3 is 0 Å². The molecule has 10 rings (SSSR count). The summed E-state index contributed by atoms with van der Waals surface area (Å²) >= 11 is 0. The molecule has 0 saturated carbocycles. The zero-order valence-electron chi connectivity index (χ0n) is 27.9. The van der Waals surface area contributed by atoms with Gasteiger partial charge in [-0.1, -0.05) is 161 Å². The largest absolute Gasteiger partial charge is 0.0619 e. The normalized spacial score (nSPS) is 15.0. The average Bonchev–Trinajstić information content (AvgIpc) is 3.49. The van der Waals surface area contributed by atoms with E-state index in [9.17, 15) is 0 Å². The molecule has 2 aliphatic rings. The van der Waals surface area contributed by atoms with Crippen LogP contribution in [0, 0.1) is 0 Å². The highest BCUT2D eigenvalue weighted by molar-refractivity contribution is 6.21. The van der Waals surface area contributed by atoms with Crippen LogP contribution in [0.3, 0.4) is 0 Å². The molecule has 0 bridgehead atoms. The lowest BCUT2D eigenvalue weighted by Gasteiger charge is -2.24. The Morgan fingerprint density at radius 1 is 0.333 bits per heavy atom. The molecule has 228 valence electrons. The average molecular weight is 613 g/mol. The fraction of sp³-hybridized carbons (Fsp3) is 0.125. The highest BCUT2D eigenvalue weighted by Gasteiger charge is 2.38. The minimum absolute atomic E-state index is 0.0480. The van der Waals surface area contributed by atoms with Crippen molar-refractivity contribution >= 4 is 32.3 Å². The van der Waals surface area contributed by atoms with Crippen LogP contribution in [0.5, 0.6) is 0 Å². The van der Waals surface area contributed by atoms with Gasteiger partial charge in [-0.2, -0.15) is 0 Å². The van der Waals surface area contributed by atoms with Gasteiger partial charge in [-0.3, -0.25) is 0 Å². The molecule has 48 heavy (non-hydrogen) atoms. The lowest BCUT2D eigenvalue weighted by Crippen LogP contribution is -2.15. The number of rotatable bonds is 2. The Labute approximate surface area is 282 Å². The molecule has 0 radical (unpaired) electrons. The summed E-state index contributed by atoms with van der Waals surface area (Å²) in [6.45, 7) is 9.55. The summed E-state index contributed by atoms with van der Waals surface area (Å²) in [4.78, 5) is 0. The quantitative estimate of drug-likeness (QED) is 0.170. The molecule has 2 aliphatic carbocycles. The molecular weight excluding hydrogens is 577 g/mol. The molecule has 0 N–H and O–H groups in total. The third-order valence-corrected chi connectivity index (χ3v) is 11.6. The highest BCUT2D eigenvalue weighted by atomic mass is 14.4. The number of fused-ring (bicyclic) bond motifs is 10. The lowest BCUT2D eigenvalue weighted by molar-refractivity contribution is 0.660. The molecule has 0 spiro atoms. The van der Waals surface area contributed by atoms with Crippen LogP contribution in [-0.2, 0) is 10.8 Å². The van der Waals surface area contributed by atoms with E-state index < -0.39 is 0 Å². The van der Waals surface area contributed by atoms with Crippen LogP contribution < -0.4 is 0 Å². The molecule has 0 aromatic heterocycles. The van der Waals surface area contributed by atoms with Gasteiger partial charge in [-0.05, 0) is 111 Å². The van der Waals surface area contributed by atoms with Gasteiger partial charge in [0.05, 0.1) is 0 Å². The molecule has 0 amide bonds. The van der Waals surface area contributed by atoms with Crippen LogP contribution in [0.2, 0.25) is 0 Å². The Morgan fingerprint density at radius 2 is 0.771 bits per heavy atom. The van der Waals surface area contributed by atoms with Crippen molar-refractivity contribution < 1.29 is 0 Å². The molecule has 0 heteroatoms. The number of hydrogen-bond donors (Lipinski definition) is 0. The molecule has 0 saturated heterocycles. The third kappa shape index (κ3) is 3.55. The molecule has 0 aliphatic heterocycles. The number of hydrogen-bond acceptors (Lipinski definition) is 0. The summed E-state index contributed by atoms with van der Waals surface area (Å²) in [5.41, 5.74) is 16.2. The zero-order valence-corrected chi connectivity index (χ0v) is 27.9. The van der Waals surface area contributed by atoms with E-state index in [1.54, 1.807) is 0 Å². The van der Waals surface area contributed by atoms with E-state index >= 15 is 0 Å². The van der Waals surface area contributed by atoms with Gasteiger partial charge in [0.1, 0.15) is 0 Å². The predicted molar refractivity (Wildman–Crippen MR) is 205 cm³/mol. The van der Waals surface area contributed by atoms with Gasteiger partial charge in [-0.25, -0.2) is 0 Å². The highest BCUT2D eigenvalue weighted by Crippen LogP contribution is 2.54. The molecule has 0 unspecified atom stereocenters. The molecule has 0 atom stereocenters. The van der Waals surface area contributed by atoms with Crippen LogP contribution in [-0.4, -0.2) is 0 Å². The summed E-state index contributed by atoms with van der Waals surface area (Å²) in [5.74, 6) is 0. The van der Waals surface area contributed by atoms with Crippen LogP contribution in [0.15, 0.2) is 146 Å². The fourth-order valence-electron chi connectivity index (χ4n) is 9.37. The van der Waals surface area contributed by atoms with Gasteiger partial charge in [0.2, 0.25) is 0 Å². The summed E-state index contributed by atoms with van der Waals surface area (Å²) in [6.07, 6.45) is 0. The fourth-order valence-corrected chi connectivity index (χ4v) is 9.37. The Balaban J connectivity index is 1.21. The first-order valence-corrected chi connectivity index (χ1v) is 17.2. The first-order chi connectivity index (χ1) is 23.3. The van der Waals surface area contributed by atoms with E-state index in [2.05, 4.69) is 173 Å². The van der Waals surface area contributed by atoms with E-state index in [1.807, 2.05) is 0 Å². The molecular formula is C48H36. The summed E-state index contributed by atoms with van der Waals surface area (Å²) < 4.78 is 0. The summed E-state index contributed by atoms with van der Waals surface area (Å²) in [7, 11) is 0. The van der Waals surface area contributed by atoms with Gasteiger partial charge in [-0.15, -0.1) is 0 Å².